The van der Waals surface area contributed by atoms with Crippen LogP contribution in [0.1, 0.15) is 9.67 Å². The SMILES string of the molecule is CN(C)NC(=O)c1cc(Br)cs1. The second-order valence-corrected chi connectivity index (χ2v) is 4.29. The highest BCUT2D eigenvalue weighted by Crippen LogP contribution is 2.19. The molecule has 12 heavy (non-hydrogen) atoms. The van der Waals surface area contributed by atoms with E-state index in [0.29, 0.717) is 4.88 Å². The Morgan fingerprint density at radius 2 is 2.33 bits per heavy atom. The van der Waals surface area contributed by atoms with Crippen molar-refractivity contribution in [3.8, 4) is 0 Å². The highest BCUT2D eigenvalue weighted by molar-refractivity contribution is 9.10. The second-order valence-electron chi connectivity index (χ2n) is 2.46. The number of amides is 1. The van der Waals surface area contributed by atoms with E-state index in [1.807, 2.05) is 5.38 Å². The van der Waals surface area contributed by atoms with Gasteiger partial charge in [-0.15, -0.1) is 11.3 Å². The summed E-state index contributed by atoms with van der Waals surface area (Å²) in [7, 11) is 3.56. The molecule has 0 saturated carbocycles. The van der Waals surface area contributed by atoms with Gasteiger partial charge in [-0.2, -0.15) is 0 Å². The van der Waals surface area contributed by atoms with E-state index in [1.165, 1.54) is 11.3 Å². The number of nitrogens with zero attached hydrogens (tertiary/aromatic N) is 1. The molecule has 0 saturated heterocycles. The molecule has 1 heterocycles. The lowest BCUT2D eigenvalue weighted by atomic mass is 10.4. The number of rotatable bonds is 2. The van der Waals surface area contributed by atoms with Crippen LogP contribution in [0.2, 0.25) is 0 Å². The number of carbonyl (C=O) groups excluding carboxylic acids is 1. The van der Waals surface area contributed by atoms with Crippen LogP contribution < -0.4 is 5.43 Å². The Morgan fingerprint density at radius 3 is 2.75 bits per heavy atom. The molecule has 0 radical (unpaired) electrons. The molecule has 3 nitrogen and oxygen atoms in total. The molecule has 0 fully saturated rings. The van der Waals surface area contributed by atoms with Gasteiger partial charge in [0.05, 0.1) is 4.88 Å². The Kier molecular flexibility index (Phi) is 3.25. The van der Waals surface area contributed by atoms with Gasteiger partial charge in [0.25, 0.3) is 5.91 Å². The fraction of sp³-hybridized carbons (Fsp3) is 0.286. The van der Waals surface area contributed by atoms with Crippen LogP contribution in [0.5, 0.6) is 0 Å². The van der Waals surface area contributed by atoms with Crippen LogP contribution in [0.25, 0.3) is 0 Å². The van der Waals surface area contributed by atoms with Gasteiger partial charge < -0.3 is 0 Å². The fourth-order valence-corrected chi connectivity index (χ4v) is 2.01. The molecule has 66 valence electrons. The lowest BCUT2D eigenvalue weighted by molar-refractivity contribution is 0.0861. The van der Waals surface area contributed by atoms with Gasteiger partial charge in [0, 0.05) is 23.9 Å². The monoisotopic (exact) mass is 248 g/mol. The zero-order valence-corrected chi connectivity index (χ0v) is 9.20. The minimum Gasteiger partial charge on any atom is -0.285 e. The average molecular weight is 249 g/mol. The molecule has 0 aliphatic carbocycles. The summed E-state index contributed by atoms with van der Waals surface area (Å²) in [4.78, 5) is 12.0. The predicted octanol–water partition coefficient (Wildman–Crippen LogP) is 1.72. The molecule has 1 aromatic rings. The first-order valence-corrected chi connectivity index (χ1v) is 4.99. The zero-order valence-electron chi connectivity index (χ0n) is 6.80. The normalized spacial score (nSPS) is 10.3. The minimum atomic E-state index is -0.0734. The topological polar surface area (TPSA) is 32.3 Å². The summed E-state index contributed by atoms with van der Waals surface area (Å²) in [6.45, 7) is 0. The third-order valence-corrected chi connectivity index (χ3v) is 2.81. The van der Waals surface area contributed by atoms with Crippen molar-refractivity contribution in [3.63, 3.8) is 0 Å². The largest absolute Gasteiger partial charge is 0.285 e. The Balaban J connectivity index is 2.65. The molecule has 1 amide bonds. The lowest BCUT2D eigenvalue weighted by Gasteiger charge is -2.09. The maximum absolute atomic E-state index is 11.3. The summed E-state index contributed by atoms with van der Waals surface area (Å²) >= 11 is 4.70. The number of nitrogens with one attached hydrogen (secondary N) is 1. The molecule has 0 aliphatic heterocycles. The molecule has 5 heteroatoms. The molecule has 0 spiro atoms. The molecular formula is C7H9BrN2OS. The van der Waals surface area contributed by atoms with Gasteiger partial charge in [-0.25, -0.2) is 5.01 Å². The minimum absolute atomic E-state index is 0.0734. The highest BCUT2D eigenvalue weighted by Gasteiger charge is 2.07. The molecule has 0 unspecified atom stereocenters. The van der Waals surface area contributed by atoms with Crippen molar-refractivity contribution in [1.82, 2.24) is 10.4 Å². The van der Waals surface area contributed by atoms with Gasteiger partial charge in [0.15, 0.2) is 0 Å². The molecule has 1 N–H and O–H groups in total. The smallest absolute Gasteiger partial charge is 0.275 e. The zero-order chi connectivity index (χ0) is 9.14. The van der Waals surface area contributed by atoms with E-state index in [2.05, 4.69) is 21.4 Å². The Morgan fingerprint density at radius 1 is 1.67 bits per heavy atom. The van der Waals surface area contributed by atoms with Crippen LogP contribution in [0.15, 0.2) is 15.9 Å². The van der Waals surface area contributed by atoms with Crippen LogP contribution in [-0.4, -0.2) is 25.0 Å². The number of halogens is 1. The standard InChI is InChI=1S/C7H9BrN2OS/c1-10(2)9-7(11)6-3-5(8)4-12-6/h3-4H,1-2H3,(H,9,11). The third-order valence-electron chi connectivity index (χ3n) is 1.12. The van der Waals surface area contributed by atoms with Crippen LogP contribution in [0.3, 0.4) is 0 Å². The first-order valence-electron chi connectivity index (χ1n) is 3.32. The van der Waals surface area contributed by atoms with E-state index in [9.17, 15) is 4.79 Å². The van der Waals surface area contributed by atoms with E-state index in [0.717, 1.165) is 4.47 Å². The first kappa shape index (κ1) is 9.70. The molecule has 0 atom stereocenters. The Hall–Kier alpha value is -0.390. The quantitative estimate of drug-likeness (QED) is 0.809. The van der Waals surface area contributed by atoms with Crippen LogP contribution in [0.4, 0.5) is 0 Å². The number of hydrogen-bond acceptors (Lipinski definition) is 3. The lowest BCUT2D eigenvalue weighted by Crippen LogP contribution is -2.35. The van der Waals surface area contributed by atoms with Crippen LogP contribution >= 0.6 is 27.3 Å². The van der Waals surface area contributed by atoms with Gasteiger partial charge in [0.2, 0.25) is 0 Å². The van der Waals surface area contributed by atoms with Crippen molar-refractivity contribution in [2.24, 2.45) is 0 Å². The Labute approximate surface area is 83.5 Å². The maximum atomic E-state index is 11.3. The second kappa shape index (κ2) is 4.02. The van der Waals surface area contributed by atoms with Gasteiger partial charge in [-0.3, -0.25) is 10.2 Å². The highest BCUT2D eigenvalue weighted by atomic mass is 79.9. The van der Waals surface area contributed by atoms with Gasteiger partial charge in [0.1, 0.15) is 0 Å². The van der Waals surface area contributed by atoms with Crippen molar-refractivity contribution in [3.05, 3.63) is 20.8 Å². The fourth-order valence-electron chi connectivity index (χ4n) is 0.690. The number of hydrazine groups is 1. The summed E-state index contributed by atoms with van der Waals surface area (Å²) < 4.78 is 0.941. The predicted molar refractivity (Wildman–Crippen MR) is 53.2 cm³/mol. The summed E-state index contributed by atoms with van der Waals surface area (Å²) in [6.07, 6.45) is 0. The number of thiophene rings is 1. The number of carbonyl (C=O) groups is 1. The van der Waals surface area contributed by atoms with Crippen LogP contribution in [-0.2, 0) is 0 Å². The Bertz CT molecular complexity index is 285. The molecule has 0 bridgehead atoms. The van der Waals surface area contributed by atoms with E-state index in [1.54, 1.807) is 25.2 Å². The van der Waals surface area contributed by atoms with E-state index < -0.39 is 0 Å². The summed E-state index contributed by atoms with van der Waals surface area (Å²) in [5.41, 5.74) is 2.66. The van der Waals surface area contributed by atoms with E-state index in [-0.39, 0.29) is 5.91 Å². The summed E-state index contributed by atoms with van der Waals surface area (Å²) in [5, 5.41) is 3.50. The summed E-state index contributed by atoms with van der Waals surface area (Å²) in [5.74, 6) is -0.0734. The average Bonchev–Trinajstić information content (AvgIpc) is 2.34. The third kappa shape index (κ3) is 2.58. The molecule has 1 rings (SSSR count). The van der Waals surface area contributed by atoms with Gasteiger partial charge in [-0.1, -0.05) is 0 Å². The van der Waals surface area contributed by atoms with Gasteiger partial charge in [-0.05, 0) is 22.0 Å². The van der Waals surface area contributed by atoms with Crippen molar-refractivity contribution < 1.29 is 4.79 Å². The van der Waals surface area contributed by atoms with E-state index >= 15 is 0 Å². The van der Waals surface area contributed by atoms with Crippen molar-refractivity contribution in [1.29, 1.82) is 0 Å². The van der Waals surface area contributed by atoms with E-state index in [4.69, 9.17) is 0 Å². The van der Waals surface area contributed by atoms with Crippen LogP contribution in [0, 0.1) is 0 Å². The van der Waals surface area contributed by atoms with Crippen molar-refractivity contribution >= 4 is 33.2 Å². The van der Waals surface area contributed by atoms with Gasteiger partial charge >= 0.3 is 0 Å². The summed E-state index contributed by atoms with van der Waals surface area (Å²) in [6, 6.07) is 1.80. The maximum Gasteiger partial charge on any atom is 0.275 e. The molecule has 0 aromatic carbocycles. The van der Waals surface area contributed by atoms with Crippen molar-refractivity contribution in [2.45, 2.75) is 0 Å². The van der Waals surface area contributed by atoms with Crippen molar-refractivity contribution in [2.75, 3.05) is 14.1 Å². The molecule has 1 aromatic heterocycles. The molecule has 0 aliphatic rings. The molecular weight excluding hydrogens is 240 g/mol. The number of hydrogen-bond donors (Lipinski definition) is 1. The first-order chi connectivity index (χ1) is 5.59.